The predicted octanol–water partition coefficient (Wildman–Crippen LogP) is 4.28. The summed E-state index contributed by atoms with van der Waals surface area (Å²) in [6.07, 6.45) is 2.80. The first kappa shape index (κ1) is 22.1. The molecule has 0 bridgehead atoms. The standard InChI is InChI=1S/C24H22F3N5O2/c1-14-12-31(23(34)15-4-7-28-20(10-15)24(25,26)27)9-6-17(14)19-11-21(32(13-33)16-2-3-16)30-22-18(19)5-8-29-22/h4-8,10-11,13-14,16H,2-3,9,12H2,1H3,(H,29,30). The zero-order valence-electron chi connectivity index (χ0n) is 18.3. The third kappa shape index (κ3) is 4.04. The number of carbonyl (C=O) groups is 2. The highest BCUT2D eigenvalue weighted by Gasteiger charge is 2.34. The number of aromatic nitrogens is 3. The third-order valence-corrected chi connectivity index (χ3v) is 6.29. The molecule has 1 saturated carbocycles. The highest BCUT2D eigenvalue weighted by atomic mass is 19.4. The summed E-state index contributed by atoms with van der Waals surface area (Å²) in [5.74, 6) is 0.0178. The molecule has 0 saturated heterocycles. The number of hydrogen-bond donors (Lipinski definition) is 1. The first-order valence-electron chi connectivity index (χ1n) is 11.0. The van der Waals surface area contributed by atoms with Crippen molar-refractivity contribution in [3.8, 4) is 0 Å². The van der Waals surface area contributed by atoms with Crippen molar-refractivity contribution in [1.82, 2.24) is 19.9 Å². The highest BCUT2D eigenvalue weighted by Crippen LogP contribution is 2.37. The normalized spacial score (nSPS) is 18.6. The largest absolute Gasteiger partial charge is 0.433 e. The third-order valence-electron chi connectivity index (χ3n) is 6.29. The number of carbonyl (C=O) groups excluding carboxylic acids is 2. The Morgan fingerprint density at radius 1 is 1.26 bits per heavy atom. The molecule has 0 radical (unpaired) electrons. The zero-order valence-corrected chi connectivity index (χ0v) is 18.3. The van der Waals surface area contributed by atoms with Crippen molar-refractivity contribution in [3.05, 3.63) is 59.6 Å². The van der Waals surface area contributed by atoms with Gasteiger partial charge in [0.1, 0.15) is 17.2 Å². The van der Waals surface area contributed by atoms with E-state index in [1.807, 2.05) is 25.1 Å². The summed E-state index contributed by atoms with van der Waals surface area (Å²) in [5, 5.41) is 0.909. The van der Waals surface area contributed by atoms with E-state index in [4.69, 9.17) is 0 Å². The lowest BCUT2D eigenvalue weighted by molar-refractivity contribution is -0.141. The summed E-state index contributed by atoms with van der Waals surface area (Å²) >= 11 is 0. The molecule has 3 aromatic rings. The van der Waals surface area contributed by atoms with Gasteiger partial charge in [0.25, 0.3) is 5.91 Å². The predicted molar refractivity (Wildman–Crippen MR) is 120 cm³/mol. The molecule has 2 aliphatic rings. The number of anilines is 1. The van der Waals surface area contributed by atoms with Crippen LogP contribution in [0.4, 0.5) is 19.0 Å². The van der Waals surface area contributed by atoms with E-state index < -0.39 is 17.8 Å². The first-order chi connectivity index (χ1) is 16.3. The number of nitrogens with zero attached hydrogens (tertiary/aromatic N) is 4. The van der Waals surface area contributed by atoms with Gasteiger partial charge in [0.05, 0.1) is 0 Å². The lowest BCUT2D eigenvalue weighted by atomic mass is 9.89. The van der Waals surface area contributed by atoms with Crippen LogP contribution >= 0.6 is 0 Å². The lowest BCUT2D eigenvalue weighted by Gasteiger charge is -2.32. The van der Waals surface area contributed by atoms with E-state index in [9.17, 15) is 22.8 Å². The Bertz CT molecular complexity index is 1300. The van der Waals surface area contributed by atoms with E-state index >= 15 is 0 Å². The van der Waals surface area contributed by atoms with E-state index in [-0.39, 0.29) is 24.1 Å². The molecule has 1 fully saturated rings. The van der Waals surface area contributed by atoms with E-state index in [1.165, 1.54) is 11.0 Å². The maximum absolute atomic E-state index is 13.0. The van der Waals surface area contributed by atoms with Crippen molar-refractivity contribution < 1.29 is 22.8 Å². The quantitative estimate of drug-likeness (QED) is 0.566. The van der Waals surface area contributed by atoms with Gasteiger partial charge in [0, 0.05) is 42.5 Å². The molecule has 3 aromatic heterocycles. The van der Waals surface area contributed by atoms with Gasteiger partial charge in [-0.2, -0.15) is 13.2 Å². The van der Waals surface area contributed by atoms with Crippen LogP contribution in [0.5, 0.6) is 0 Å². The van der Waals surface area contributed by atoms with E-state index in [1.54, 1.807) is 11.1 Å². The second kappa shape index (κ2) is 8.27. The number of hydrogen-bond acceptors (Lipinski definition) is 4. The average Bonchev–Trinajstić information content (AvgIpc) is 3.53. The van der Waals surface area contributed by atoms with Crippen molar-refractivity contribution in [1.29, 1.82) is 0 Å². The number of pyridine rings is 2. The molecule has 10 heteroatoms. The Kier molecular flexibility index (Phi) is 5.38. The van der Waals surface area contributed by atoms with Crippen molar-refractivity contribution in [2.24, 2.45) is 5.92 Å². The van der Waals surface area contributed by atoms with Crippen LogP contribution < -0.4 is 4.90 Å². The van der Waals surface area contributed by atoms with Crippen LogP contribution in [0.3, 0.4) is 0 Å². The maximum atomic E-state index is 13.0. The van der Waals surface area contributed by atoms with Crippen molar-refractivity contribution in [2.45, 2.75) is 32.0 Å². The Hall–Kier alpha value is -3.69. The van der Waals surface area contributed by atoms with Crippen LogP contribution in [-0.4, -0.2) is 51.3 Å². The van der Waals surface area contributed by atoms with Gasteiger partial charge in [-0.05, 0) is 54.2 Å². The molecule has 7 nitrogen and oxygen atoms in total. The monoisotopic (exact) mass is 469 g/mol. The second-order valence-corrected chi connectivity index (χ2v) is 8.71. The molecule has 0 aromatic carbocycles. The molecule has 1 atom stereocenters. The number of halogens is 3. The fraction of sp³-hybridized carbons (Fsp3) is 0.333. The summed E-state index contributed by atoms with van der Waals surface area (Å²) < 4.78 is 39.0. The molecule has 1 aliphatic carbocycles. The van der Waals surface area contributed by atoms with E-state index in [2.05, 4.69) is 15.0 Å². The van der Waals surface area contributed by atoms with Gasteiger partial charge in [-0.1, -0.05) is 13.0 Å². The minimum Gasteiger partial charge on any atom is -0.346 e. The lowest BCUT2D eigenvalue weighted by Crippen LogP contribution is -2.38. The molecule has 176 valence electrons. The molecule has 1 N–H and O–H groups in total. The maximum Gasteiger partial charge on any atom is 0.433 e. The van der Waals surface area contributed by atoms with Gasteiger partial charge in [-0.3, -0.25) is 19.5 Å². The molecule has 1 aliphatic heterocycles. The SMILES string of the molecule is CC1CN(C(=O)c2ccnc(C(F)(F)F)c2)CC=C1c1cc(N(C=O)C2CC2)nc2[nH]ccc12. The van der Waals surface area contributed by atoms with Crippen molar-refractivity contribution in [2.75, 3.05) is 18.0 Å². The zero-order chi connectivity index (χ0) is 24.0. The average molecular weight is 469 g/mol. The smallest absolute Gasteiger partial charge is 0.346 e. The molecule has 0 spiro atoms. The fourth-order valence-corrected chi connectivity index (χ4v) is 4.43. The van der Waals surface area contributed by atoms with Gasteiger partial charge in [-0.15, -0.1) is 0 Å². The minimum atomic E-state index is -4.62. The fourth-order valence-electron chi connectivity index (χ4n) is 4.43. The molecule has 5 rings (SSSR count). The molecule has 2 amide bonds. The number of amides is 2. The summed E-state index contributed by atoms with van der Waals surface area (Å²) in [6, 6.07) is 6.08. The molecular weight excluding hydrogens is 447 g/mol. The molecule has 1 unspecified atom stereocenters. The van der Waals surface area contributed by atoms with Gasteiger partial charge < -0.3 is 9.88 Å². The summed E-state index contributed by atoms with van der Waals surface area (Å²) in [5.41, 5.74) is 1.47. The topological polar surface area (TPSA) is 82.2 Å². The van der Waals surface area contributed by atoms with Crippen LogP contribution in [0.1, 0.15) is 41.4 Å². The number of nitrogens with one attached hydrogen (secondary N) is 1. The Morgan fingerprint density at radius 3 is 2.74 bits per heavy atom. The first-order valence-corrected chi connectivity index (χ1v) is 11.0. The van der Waals surface area contributed by atoms with Gasteiger partial charge >= 0.3 is 6.18 Å². The second-order valence-electron chi connectivity index (χ2n) is 8.71. The Balaban J connectivity index is 1.45. The number of alkyl halides is 3. The number of aromatic amines is 1. The van der Waals surface area contributed by atoms with Crippen LogP contribution in [0, 0.1) is 5.92 Å². The van der Waals surface area contributed by atoms with E-state index in [0.29, 0.717) is 18.0 Å². The van der Waals surface area contributed by atoms with Crippen LogP contribution in [0.15, 0.2) is 42.7 Å². The van der Waals surface area contributed by atoms with Crippen LogP contribution in [0.2, 0.25) is 0 Å². The minimum absolute atomic E-state index is 0.0448. The Labute approximate surface area is 193 Å². The number of fused-ring (bicyclic) bond motifs is 1. The van der Waals surface area contributed by atoms with Gasteiger partial charge in [0.2, 0.25) is 6.41 Å². The highest BCUT2D eigenvalue weighted by molar-refractivity contribution is 5.97. The molecular formula is C24H22F3N5O2. The van der Waals surface area contributed by atoms with Crippen molar-refractivity contribution >= 4 is 34.7 Å². The number of H-pyrrole nitrogens is 1. The number of rotatable bonds is 5. The van der Waals surface area contributed by atoms with Crippen molar-refractivity contribution in [3.63, 3.8) is 0 Å². The van der Waals surface area contributed by atoms with Crippen LogP contribution in [-0.2, 0) is 11.0 Å². The molecule has 34 heavy (non-hydrogen) atoms. The summed E-state index contributed by atoms with van der Waals surface area (Å²) in [4.78, 5) is 38.9. The molecule has 4 heterocycles. The Morgan fingerprint density at radius 2 is 2.06 bits per heavy atom. The summed E-state index contributed by atoms with van der Waals surface area (Å²) in [7, 11) is 0. The summed E-state index contributed by atoms with van der Waals surface area (Å²) in [6.45, 7) is 2.57. The van der Waals surface area contributed by atoms with Gasteiger partial charge in [0.15, 0.2) is 0 Å². The van der Waals surface area contributed by atoms with Crippen LogP contribution in [0.25, 0.3) is 16.6 Å². The van der Waals surface area contributed by atoms with Gasteiger partial charge in [-0.25, -0.2) is 4.98 Å². The van der Waals surface area contributed by atoms with E-state index in [0.717, 1.165) is 48.0 Å².